The molecule has 1 heteroatoms. The summed E-state index contributed by atoms with van der Waals surface area (Å²) in [5, 5.41) is 3.56. The summed E-state index contributed by atoms with van der Waals surface area (Å²) in [4.78, 5) is 0. The molecule has 1 nitrogen and oxygen atoms in total. The zero-order valence-electron chi connectivity index (χ0n) is 10.7. The summed E-state index contributed by atoms with van der Waals surface area (Å²) in [5.41, 5.74) is 1.55. The zero-order valence-corrected chi connectivity index (χ0v) is 10.7. The Bertz CT molecular complexity index is 355. The van der Waals surface area contributed by atoms with Gasteiger partial charge in [-0.3, -0.25) is 0 Å². The van der Waals surface area contributed by atoms with E-state index in [4.69, 9.17) is 0 Å². The third-order valence-electron chi connectivity index (χ3n) is 4.77. The van der Waals surface area contributed by atoms with E-state index < -0.39 is 0 Å². The van der Waals surface area contributed by atoms with E-state index in [0.29, 0.717) is 0 Å². The van der Waals surface area contributed by atoms with Gasteiger partial charge in [0, 0.05) is 6.04 Å². The molecule has 1 aromatic carbocycles. The van der Waals surface area contributed by atoms with Gasteiger partial charge in [-0.1, -0.05) is 49.6 Å². The Morgan fingerprint density at radius 2 is 2.00 bits per heavy atom. The van der Waals surface area contributed by atoms with Crippen LogP contribution in [0.1, 0.15) is 43.6 Å². The summed E-state index contributed by atoms with van der Waals surface area (Å²) in [5.74, 6) is 2.74. The van der Waals surface area contributed by atoms with E-state index in [9.17, 15) is 0 Å². The fraction of sp³-hybridized carbons (Fsp3) is 0.625. The van der Waals surface area contributed by atoms with E-state index in [1.54, 1.807) is 5.56 Å². The Morgan fingerprint density at radius 3 is 2.59 bits per heavy atom. The van der Waals surface area contributed by atoms with Crippen LogP contribution in [0.5, 0.6) is 0 Å². The number of benzene rings is 1. The highest BCUT2D eigenvalue weighted by atomic mass is 14.9. The number of rotatable bonds is 5. The first-order valence-electron chi connectivity index (χ1n) is 7.10. The van der Waals surface area contributed by atoms with Gasteiger partial charge in [-0.05, 0) is 43.2 Å². The first-order valence-corrected chi connectivity index (χ1v) is 7.10. The summed E-state index contributed by atoms with van der Waals surface area (Å²) >= 11 is 0. The molecule has 1 N–H and O–H groups in total. The lowest BCUT2D eigenvalue weighted by Crippen LogP contribution is -2.32. The Balaban J connectivity index is 1.58. The van der Waals surface area contributed by atoms with Crippen LogP contribution in [0.4, 0.5) is 0 Å². The van der Waals surface area contributed by atoms with Crippen molar-refractivity contribution >= 4 is 0 Å². The van der Waals surface area contributed by atoms with Crippen LogP contribution in [-0.4, -0.2) is 13.1 Å². The van der Waals surface area contributed by atoms with Gasteiger partial charge < -0.3 is 5.32 Å². The van der Waals surface area contributed by atoms with Gasteiger partial charge >= 0.3 is 0 Å². The van der Waals surface area contributed by atoms with Crippen molar-refractivity contribution in [1.82, 2.24) is 5.32 Å². The molecule has 3 unspecified atom stereocenters. The first-order chi connectivity index (χ1) is 8.38. The summed E-state index contributed by atoms with van der Waals surface area (Å²) in [6, 6.07) is 11.8. The highest BCUT2D eigenvalue weighted by Gasteiger charge is 2.43. The summed E-state index contributed by atoms with van der Waals surface area (Å²) in [6.45, 7) is 0. The maximum Gasteiger partial charge on any atom is 0.0101 e. The minimum Gasteiger partial charge on any atom is -0.317 e. The van der Waals surface area contributed by atoms with E-state index in [2.05, 4.69) is 42.7 Å². The molecule has 0 heterocycles. The Morgan fingerprint density at radius 1 is 1.24 bits per heavy atom. The second-order valence-electron chi connectivity index (χ2n) is 5.84. The summed E-state index contributed by atoms with van der Waals surface area (Å²) in [7, 11) is 2.14. The monoisotopic (exact) mass is 229 g/mol. The van der Waals surface area contributed by atoms with Gasteiger partial charge in [0.05, 0.1) is 0 Å². The molecule has 0 aliphatic heterocycles. The molecule has 17 heavy (non-hydrogen) atoms. The van der Waals surface area contributed by atoms with Crippen LogP contribution < -0.4 is 5.32 Å². The lowest BCUT2D eigenvalue weighted by Gasteiger charge is -2.29. The smallest absolute Gasteiger partial charge is 0.0101 e. The molecule has 3 atom stereocenters. The van der Waals surface area contributed by atoms with Crippen molar-refractivity contribution in [2.24, 2.45) is 11.8 Å². The second-order valence-corrected chi connectivity index (χ2v) is 5.84. The molecule has 3 rings (SSSR count). The van der Waals surface area contributed by atoms with Gasteiger partial charge in [0.2, 0.25) is 0 Å². The van der Waals surface area contributed by atoms with Crippen molar-refractivity contribution in [2.75, 3.05) is 7.05 Å². The second kappa shape index (κ2) is 4.81. The molecule has 2 fully saturated rings. The van der Waals surface area contributed by atoms with Gasteiger partial charge in [-0.15, -0.1) is 0 Å². The molecule has 0 bridgehead atoms. The van der Waals surface area contributed by atoms with Crippen LogP contribution in [0.2, 0.25) is 0 Å². The van der Waals surface area contributed by atoms with Crippen molar-refractivity contribution in [3.05, 3.63) is 35.9 Å². The van der Waals surface area contributed by atoms with Crippen molar-refractivity contribution in [1.29, 1.82) is 0 Å². The van der Waals surface area contributed by atoms with Crippen LogP contribution >= 0.6 is 0 Å². The molecule has 0 saturated heterocycles. The SMILES string of the molecule is CNC(CC1CCC1)C1CC1c1ccccc1. The van der Waals surface area contributed by atoms with E-state index in [1.165, 1.54) is 32.1 Å². The van der Waals surface area contributed by atoms with E-state index >= 15 is 0 Å². The van der Waals surface area contributed by atoms with Crippen LogP contribution in [0.15, 0.2) is 30.3 Å². The standard InChI is InChI=1S/C16H23N/c1-17-16(10-12-6-5-7-12)15-11-14(15)13-8-3-2-4-9-13/h2-4,8-9,12,14-17H,5-7,10-11H2,1H3. The molecule has 0 aromatic heterocycles. The molecular weight excluding hydrogens is 206 g/mol. The Kier molecular flexibility index (Phi) is 3.19. The van der Waals surface area contributed by atoms with Gasteiger partial charge in [0.25, 0.3) is 0 Å². The molecule has 1 aromatic rings. The molecule has 0 spiro atoms. The summed E-state index contributed by atoms with van der Waals surface area (Å²) in [6.07, 6.45) is 7.21. The third-order valence-corrected chi connectivity index (χ3v) is 4.77. The number of hydrogen-bond acceptors (Lipinski definition) is 1. The molecule has 2 aliphatic rings. The predicted molar refractivity (Wildman–Crippen MR) is 72.1 cm³/mol. The molecule has 2 saturated carbocycles. The maximum absolute atomic E-state index is 3.56. The molecule has 0 amide bonds. The minimum absolute atomic E-state index is 0.755. The molecule has 0 radical (unpaired) electrons. The first kappa shape index (κ1) is 11.3. The molecule has 2 aliphatic carbocycles. The molecular formula is C16H23N. The summed E-state index contributed by atoms with van der Waals surface area (Å²) < 4.78 is 0. The van der Waals surface area contributed by atoms with Crippen LogP contribution in [0.3, 0.4) is 0 Å². The minimum atomic E-state index is 0.755. The number of nitrogens with one attached hydrogen (secondary N) is 1. The van der Waals surface area contributed by atoms with E-state index in [1.807, 2.05) is 0 Å². The van der Waals surface area contributed by atoms with E-state index in [0.717, 1.165) is 23.8 Å². The van der Waals surface area contributed by atoms with Gasteiger partial charge in [-0.25, -0.2) is 0 Å². The average molecular weight is 229 g/mol. The zero-order chi connectivity index (χ0) is 11.7. The Hall–Kier alpha value is -0.820. The van der Waals surface area contributed by atoms with Crippen LogP contribution in [-0.2, 0) is 0 Å². The fourth-order valence-corrected chi connectivity index (χ4v) is 3.34. The quantitative estimate of drug-likeness (QED) is 0.814. The van der Waals surface area contributed by atoms with E-state index in [-0.39, 0.29) is 0 Å². The molecule has 92 valence electrons. The van der Waals surface area contributed by atoms with Gasteiger partial charge in [-0.2, -0.15) is 0 Å². The highest BCUT2D eigenvalue weighted by molar-refractivity contribution is 5.26. The fourth-order valence-electron chi connectivity index (χ4n) is 3.34. The van der Waals surface area contributed by atoms with Crippen molar-refractivity contribution in [3.8, 4) is 0 Å². The highest BCUT2D eigenvalue weighted by Crippen LogP contribution is 2.51. The lowest BCUT2D eigenvalue weighted by molar-refractivity contribution is 0.252. The van der Waals surface area contributed by atoms with Crippen molar-refractivity contribution in [2.45, 2.75) is 44.1 Å². The van der Waals surface area contributed by atoms with Gasteiger partial charge in [0.15, 0.2) is 0 Å². The average Bonchev–Trinajstić information content (AvgIpc) is 3.09. The number of hydrogen-bond donors (Lipinski definition) is 1. The van der Waals surface area contributed by atoms with Gasteiger partial charge in [0.1, 0.15) is 0 Å². The predicted octanol–water partition coefficient (Wildman–Crippen LogP) is 3.57. The van der Waals surface area contributed by atoms with Crippen LogP contribution in [0.25, 0.3) is 0 Å². The maximum atomic E-state index is 3.56. The Labute approximate surface area is 105 Å². The lowest BCUT2D eigenvalue weighted by atomic mass is 9.80. The third kappa shape index (κ3) is 2.40. The topological polar surface area (TPSA) is 12.0 Å². The van der Waals surface area contributed by atoms with Crippen molar-refractivity contribution < 1.29 is 0 Å². The van der Waals surface area contributed by atoms with Crippen molar-refractivity contribution in [3.63, 3.8) is 0 Å². The largest absolute Gasteiger partial charge is 0.317 e. The normalized spacial score (nSPS) is 29.7. The van der Waals surface area contributed by atoms with Crippen LogP contribution in [0, 0.1) is 11.8 Å².